The smallest absolute Gasteiger partial charge is 0.310 e. The first kappa shape index (κ1) is 25.9. The van der Waals surface area contributed by atoms with Crippen LogP contribution in [0.3, 0.4) is 0 Å². The molecule has 1 saturated carbocycles. The number of benzene rings is 1. The van der Waals surface area contributed by atoms with Crippen LogP contribution in [-0.4, -0.2) is 60.0 Å². The highest BCUT2D eigenvalue weighted by Gasteiger charge is 2.45. The fourth-order valence-electron chi connectivity index (χ4n) is 5.30. The molecule has 1 aliphatic heterocycles. The van der Waals surface area contributed by atoms with Gasteiger partial charge in [-0.15, -0.1) is 0 Å². The highest BCUT2D eigenvalue weighted by molar-refractivity contribution is 5.96. The van der Waals surface area contributed by atoms with Gasteiger partial charge < -0.3 is 24.7 Å². The standard InChI is InChI=1S/C27H34FN3O5/c1-27(2,3)30-18-9-10-21(19(15-18)26(34)35-4)31-14-13-20(25(31)33)29-24(32)23-12-11-22(36-23)16-5-7-17(28)8-6-16/h5-8,11-12,18-21,30H,9-10,13-15H2,1-4H3,(H,29,32)/t18-,19-,20?,21+/m1/s1. The van der Waals surface area contributed by atoms with Gasteiger partial charge in [-0.05, 0) is 82.9 Å². The molecule has 4 rings (SSSR count). The quantitative estimate of drug-likeness (QED) is 0.590. The van der Waals surface area contributed by atoms with E-state index in [0.29, 0.717) is 37.1 Å². The third kappa shape index (κ3) is 5.78. The number of amides is 2. The normalized spacial score (nSPS) is 24.6. The first-order chi connectivity index (χ1) is 17.1. The molecule has 2 amide bonds. The van der Waals surface area contributed by atoms with Crippen molar-refractivity contribution in [3.8, 4) is 11.3 Å². The van der Waals surface area contributed by atoms with E-state index in [9.17, 15) is 18.8 Å². The Morgan fingerprint density at radius 3 is 2.47 bits per heavy atom. The molecule has 2 heterocycles. The van der Waals surface area contributed by atoms with Crippen LogP contribution in [0.5, 0.6) is 0 Å². The molecule has 0 radical (unpaired) electrons. The summed E-state index contributed by atoms with van der Waals surface area (Å²) in [4.78, 5) is 40.5. The number of rotatable bonds is 6. The minimum absolute atomic E-state index is 0.0711. The Labute approximate surface area is 210 Å². The number of esters is 1. The van der Waals surface area contributed by atoms with Gasteiger partial charge in [-0.25, -0.2) is 4.39 Å². The second kappa shape index (κ2) is 10.4. The molecule has 1 saturated heterocycles. The zero-order valence-corrected chi connectivity index (χ0v) is 21.2. The number of ether oxygens (including phenoxy) is 1. The number of carbonyl (C=O) groups is 3. The highest BCUT2D eigenvalue weighted by Crippen LogP contribution is 2.33. The van der Waals surface area contributed by atoms with Crippen LogP contribution in [0.4, 0.5) is 4.39 Å². The summed E-state index contributed by atoms with van der Waals surface area (Å²) < 4.78 is 23.9. The molecule has 0 spiro atoms. The maximum atomic E-state index is 13.3. The predicted molar refractivity (Wildman–Crippen MR) is 132 cm³/mol. The van der Waals surface area contributed by atoms with Gasteiger partial charge in [0.15, 0.2) is 5.76 Å². The van der Waals surface area contributed by atoms with Crippen molar-refractivity contribution in [3.63, 3.8) is 0 Å². The van der Waals surface area contributed by atoms with E-state index in [4.69, 9.17) is 9.15 Å². The maximum Gasteiger partial charge on any atom is 0.310 e. The number of furan rings is 1. The van der Waals surface area contributed by atoms with Crippen molar-refractivity contribution >= 4 is 17.8 Å². The van der Waals surface area contributed by atoms with Crippen molar-refractivity contribution in [2.24, 2.45) is 5.92 Å². The van der Waals surface area contributed by atoms with Gasteiger partial charge >= 0.3 is 5.97 Å². The van der Waals surface area contributed by atoms with E-state index >= 15 is 0 Å². The fourth-order valence-corrected chi connectivity index (χ4v) is 5.30. The molecule has 1 unspecified atom stereocenters. The SMILES string of the molecule is COC(=O)[C@@H]1C[C@H](NC(C)(C)C)CC[C@@H]1N1CCC(NC(=O)c2ccc(-c3ccc(F)cc3)o2)C1=O. The molecule has 1 aromatic heterocycles. The first-order valence-electron chi connectivity index (χ1n) is 12.4. The molecule has 194 valence electrons. The van der Waals surface area contributed by atoms with E-state index in [1.807, 2.05) is 0 Å². The molecule has 36 heavy (non-hydrogen) atoms. The Balaban J connectivity index is 1.40. The number of nitrogens with zero attached hydrogens (tertiary/aromatic N) is 1. The Morgan fingerprint density at radius 1 is 1.08 bits per heavy atom. The summed E-state index contributed by atoms with van der Waals surface area (Å²) in [7, 11) is 1.37. The van der Waals surface area contributed by atoms with Gasteiger partial charge in [-0.2, -0.15) is 0 Å². The van der Waals surface area contributed by atoms with Crippen LogP contribution < -0.4 is 10.6 Å². The number of hydrogen-bond donors (Lipinski definition) is 2. The Morgan fingerprint density at radius 2 is 1.81 bits per heavy atom. The van der Waals surface area contributed by atoms with Gasteiger partial charge in [-0.1, -0.05) is 0 Å². The predicted octanol–water partition coefficient (Wildman–Crippen LogP) is 3.51. The van der Waals surface area contributed by atoms with Crippen LogP contribution in [0, 0.1) is 11.7 Å². The zero-order valence-electron chi connectivity index (χ0n) is 21.2. The summed E-state index contributed by atoms with van der Waals surface area (Å²) in [5, 5.41) is 6.34. The lowest BCUT2D eigenvalue weighted by molar-refractivity contribution is -0.151. The molecule has 2 fully saturated rings. The lowest BCUT2D eigenvalue weighted by Crippen LogP contribution is -2.55. The number of carbonyl (C=O) groups excluding carboxylic acids is 3. The number of likely N-dealkylation sites (tertiary alicyclic amines) is 1. The largest absolute Gasteiger partial charge is 0.469 e. The molecule has 4 atom stereocenters. The summed E-state index contributed by atoms with van der Waals surface area (Å²) in [6, 6.07) is 8.13. The van der Waals surface area contributed by atoms with Gasteiger partial charge in [0, 0.05) is 29.7 Å². The Kier molecular flexibility index (Phi) is 7.49. The molecule has 2 aromatic rings. The summed E-state index contributed by atoms with van der Waals surface area (Å²) in [5.41, 5.74) is 0.559. The number of methoxy groups -OCH3 is 1. The van der Waals surface area contributed by atoms with Crippen LogP contribution >= 0.6 is 0 Å². The van der Waals surface area contributed by atoms with Gasteiger partial charge in [0.2, 0.25) is 5.91 Å². The molecule has 8 nitrogen and oxygen atoms in total. The van der Waals surface area contributed by atoms with Crippen LogP contribution in [0.25, 0.3) is 11.3 Å². The molecular weight excluding hydrogens is 465 g/mol. The van der Waals surface area contributed by atoms with E-state index in [2.05, 4.69) is 31.4 Å². The third-order valence-electron chi connectivity index (χ3n) is 6.86. The van der Waals surface area contributed by atoms with Crippen LogP contribution in [0.15, 0.2) is 40.8 Å². The van der Waals surface area contributed by atoms with Crippen molar-refractivity contribution in [2.75, 3.05) is 13.7 Å². The summed E-state index contributed by atoms with van der Waals surface area (Å²) in [6.07, 6.45) is 2.56. The lowest BCUT2D eigenvalue weighted by Gasteiger charge is -2.41. The topological polar surface area (TPSA) is 101 Å². The van der Waals surface area contributed by atoms with Gasteiger partial charge in [0.05, 0.1) is 13.0 Å². The third-order valence-corrected chi connectivity index (χ3v) is 6.86. The second-order valence-electron chi connectivity index (χ2n) is 10.6. The monoisotopic (exact) mass is 499 g/mol. The van der Waals surface area contributed by atoms with Crippen molar-refractivity contribution in [1.82, 2.24) is 15.5 Å². The molecule has 1 aliphatic carbocycles. The van der Waals surface area contributed by atoms with Gasteiger partial charge in [0.1, 0.15) is 17.6 Å². The van der Waals surface area contributed by atoms with E-state index in [1.165, 1.54) is 25.3 Å². The molecule has 9 heteroatoms. The number of halogens is 1. The number of hydrogen-bond acceptors (Lipinski definition) is 6. The first-order valence-corrected chi connectivity index (χ1v) is 12.4. The minimum atomic E-state index is -0.694. The molecule has 1 aromatic carbocycles. The highest BCUT2D eigenvalue weighted by atomic mass is 19.1. The van der Waals surface area contributed by atoms with Gasteiger partial charge in [-0.3, -0.25) is 14.4 Å². The summed E-state index contributed by atoms with van der Waals surface area (Å²) in [5.74, 6) is -1.29. The van der Waals surface area contributed by atoms with Crippen molar-refractivity contribution in [2.45, 2.75) is 70.1 Å². The zero-order chi connectivity index (χ0) is 26.0. The van der Waals surface area contributed by atoms with Crippen LogP contribution in [-0.2, 0) is 14.3 Å². The summed E-state index contributed by atoms with van der Waals surface area (Å²) in [6.45, 7) is 6.72. The average molecular weight is 500 g/mol. The van der Waals surface area contributed by atoms with E-state index < -0.39 is 17.9 Å². The summed E-state index contributed by atoms with van der Waals surface area (Å²) >= 11 is 0. The fraction of sp³-hybridized carbons (Fsp3) is 0.519. The van der Waals surface area contributed by atoms with Crippen LogP contribution in [0.1, 0.15) is 57.0 Å². The molecule has 2 N–H and O–H groups in total. The maximum absolute atomic E-state index is 13.3. The van der Waals surface area contributed by atoms with Crippen molar-refractivity contribution < 1.29 is 27.9 Å². The number of nitrogens with one attached hydrogen (secondary N) is 2. The Hall–Kier alpha value is -3.20. The minimum Gasteiger partial charge on any atom is -0.469 e. The molecular formula is C27H34FN3O5. The van der Waals surface area contributed by atoms with Crippen LogP contribution in [0.2, 0.25) is 0 Å². The average Bonchev–Trinajstić information content (AvgIpc) is 3.46. The molecule has 2 aliphatic rings. The van der Waals surface area contributed by atoms with E-state index in [0.717, 1.165) is 6.42 Å². The second-order valence-corrected chi connectivity index (χ2v) is 10.6. The van der Waals surface area contributed by atoms with Crippen molar-refractivity contribution in [1.29, 1.82) is 0 Å². The van der Waals surface area contributed by atoms with E-state index in [1.54, 1.807) is 23.1 Å². The Bertz CT molecular complexity index is 1110. The van der Waals surface area contributed by atoms with Gasteiger partial charge in [0.25, 0.3) is 5.91 Å². The molecule has 0 bridgehead atoms. The van der Waals surface area contributed by atoms with Crippen molar-refractivity contribution in [3.05, 3.63) is 48.0 Å². The van der Waals surface area contributed by atoms with E-state index in [-0.39, 0.29) is 41.1 Å². The lowest BCUT2D eigenvalue weighted by atomic mass is 9.80.